The van der Waals surface area contributed by atoms with Crippen LogP contribution in [0.3, 0.4) is 0 Å². The van der Waals surface area contributed by atoms with Gasteiger partial charge in [-0.15, -0.1) is 0 Å². The Morgan fingerprint density at radius 2 is 1.89 bits per heavy atom. The predicted molar refractivity (Wildman–Crippen MR) is 135 cm³/mol. The van der Waals surface area contributed by atoms with Gasteiger partial charge in [-0.05, 0) is 23.6 Å². The largest absolute Gasteiger partial charge is 0.379 e. The van der Waals surface area contributed by atoms with E-state index in [1.54, 1.807) is 6.20 Å². The number of ether oxygens (including phenoxy) is 1. The standard InChI is InChI=1S/C25H33N9O/c1-19(2)21-17-29-34-24(21)30-23(18-26-9-11-32-12-14-35-15-13-32)31-25(34)27-16-20-6-3-4-7-22(20)33-10-5-8-28-33/h3-8,10,17,19,26H,9,11-16,18H2,1-2H3,(H,27,30,31). The summed E-state index contributed by atoms with van der Waals surface area (Å²) in [6, 6.07) is 10.1. The minimum Gasteiger partial charge on any atom is -0.379 e. The Morgan fingerprint density at radius 1 is 1.03 bits per heavy atom. The van der Waals surface area contributed by atoms with Crippen LogP contribution in [0.5, 0.6) is 0 Å². The van der Waals surface area contributed by atoms with Crippen LogP contribution in [0.25, 0.3) is 11.3 Å². The second-order valence-corrected chi connectivity index (χ2v) is 9.02. The highest BCUT2D eigenvalue weighted by molar-refractivity contribution is 5.52. The van der Waals surface area contributed by atoms with Crippen molar-refractivity contribution in [2.24, 2.45) is 0 Å². The zero-order valence-corrected chi connectivity index (χ0v) is 20.4. The molecule has 1 saturated heterocycles. The van der Waals surface area contributed by atoms with Gasteiger partial charge in [-0.3, -0.25) is 4.90 Å². The summed E-state index contributed by atoms with van der Waals surface area (Å²) >= 11 is 0. The van der Waals surface area contributed by atoms with Gasteiger partial charge in [0.1, 0.15) is 5.82 Å². The molecule has 0 saturated carbocycles. The molecule has 1 aromatic carbocycles. The van der Waals surface area contributed by atoms with E-state index in [2.05, 4.69) is 51.7 Å². The Hall–Kier alpha value is -3.34. The molecule has 5 rings (SSSR count). The topological polar surface area (TPSA) is 97.4 Å². The summed E-state index contributed by atoms with van der Waals surface area (Å²) in [6.07, 6.45) is 5.63. The summed E-state index contributed by atoms with van der Waals surface area (Å²) < 4.78 is 9.12. The van der Waals surface area contributed by atoms with Crippen LogP contribution in [0.1, 0.15) is 36.7 Å². The van der Waals surface area contributed by atoms with Gasteiger partial charge >= 0.3 is 0 Å². The molecule has 10 heteroatoms. The van der Waals surface area contributed by atoms with Gasteiger partial charge in [-0.25, -0.2) is 9.67 Å². The molecule has 0 unspecified atom stereocenters. The van der Waals surface area contributed by atoms with E-state index < -0.39 is 0 Å². The van der Waals surface area contributed by atoms with Crippen LogP contribution in [-0.4, -0.2) is 73.7 Å². The summed E-state index contributed by atoms with van der Waals surface area (Å²) in [6.45, 7) is 11.0. The van der Waals surface area contributed by atoms with Crippen molar-refractivity contribution >= 4 is 11.6 Å². The number of anilines is 1. The highest BCUT2D eigenvalue weighted by Gasteiger charge is 2.16. The highest BCUT2D eigenvalue weighted by Crippen LogP contribution is 2.22. The van der Waals surface area contributed by atoms with E-state index in [4.69, 9.17) is 14.7 Å². The van der Waals surface area contributed by atoms with Gasteiger partial charge in [-0.2, -0.15) is 19.7 Å². The van der Waals surface area contributed by atoms with Crippen LogP contribution in [0.2, 0.25) is 0 Å². The van der Waals surface area contributed by atoms with Gasteiger partial charge < -0.3 is 15.4 Å². The lowest BCUT2D eigenvalue weighted by atomic mass is 10.1. The number of nitrogens with one attached hydrogen (secondary N) is 2. The van der Waals surface area contributed by atoms with E-state index in [9.17, 15) is 0 Å². The molecular weight excluding hydrogens is 442 g/mol. The fourth-order valence-electron chi connectivity index (χ4n) is 4.27. The number of benzene rings is 1. The smallest absolute Gasteiger partial charge is 0.227 e. The van der Waals surface area contributed by atoms with E-state index in [1.165, 1.54) is 0 Å². The molecule has 0 atom stereocenters. The zero-order chi connectivity index (χ0) is 24.0. The van der Waals surface area contributed by atoms with Crippen molar-refractivity contribution in [2.75, 3.05) is 44.7 Å². The molecule has 0 radical (unpaired) electrons. The van der Waals surface area contributed by atoms with E-state index in [-0.39, 0.29) is 0 Å². The Bertz CT molecular complexity index is 1230. The van der Waals surface area contributed by atoms with E-state index in [0.29, 0.717) is 25.0 Å². The Balaban J connectivity index is 1.33. The van der Waals surface area contributed by atoms with Crippen LogP contribution in [0.4, 0.5) is 5.95 Å². The number of rotatable bonds is 10. The summed E-state index contributed by atoms with van der Waals surface area (Å²) in [4.78, 5) is 12.1. The second-order valence-electron chi connectivity index (χ2n) is 9.02. The summed E-state index contributed by atoms with van der Waals surface area (Å²) in [5.74, 6) is 1.75. The van der Waals surface area contributed by atoms with E-state index in [0.717, 1.165) is 67.7 Å². The molecular formula is C25H33N9O. The lowest BCUT2D eigenvalue weighted by Gasteiger charge is -2.26. The average molecular weight is 476 g/mol. The van der Waals surface area contributed by atoms with Gasteiger partial charge in [0.05, 0.1) is 31.6 Å². The number of nitrogens with zero attached hydrogens (tertiary/aromatic N) is 7. The van der Waals surface area contributed by atoms with Crippen LogP contribution in [-0.2, 0) is 17.8 Å². The number of hydrogen-bond acceptors (Lipinski definition) is 8. The third-order valence-electron chi connectivity index (χ3n) is 6.24. The van der Waals surface area contributed by atoms with Crippen molar-refractivity contribution in [3.63, 3.8) is 0 Å². The maximum Gasteiger partial charge on any atom is 0.227 e. The van der Waals surface area contributed by atoms with Crippen LogP contribution >= 0.6 is 0 Å². The fourth-order valence-corrected chi connectivity index (χ4v) is 4.27. The van der Waals surface area contributed by atoms with Gasteiger partial charge in [0, 0.05) is 50.7 Å². The lowest BCUT2D eigenvalue weighted by molar-refractivity contribution is 0.0384. The minimum atomic E-state index is 0.318. The molecule has 4 aromatic rings. The number of hydrogen-bond donors (Lipinski definition) is 2. The number of aromatic nitrogens is 6. The fraction of sp³-hybridized carbons (Fsp3) is 0.440. The molecule has 184 valence electrons. The molecule has 10 nitrogen and oxygen atoms in total. The van der Waals surface area contributed by atoms with Gasteiger partial charge in [0.2, 0.25) is 5.95 Å². The first-order valence-corrected chi connectivity index (χ1v) is 12.3. The van der Waals surface area contributed by atoms with Crippen molar-refractivity contribution in [1.29, 1.82) is 0 Å². The first kappa shape index (κ1) is 23.4. The average Bonchev–Trinajstić information content (AvgIpc) is 3.57. The van der Waals surface area contributed by atoms with Crippen LogP contribution < -0.4 is 10.6 Å². The van der Waals surface area contributed by atoms with Gasteiger partial charge in [0.15, 0.2) is 5.65 Å². The van der Waals surface area contributed by atoms with Crippen molar-refractivity contribution < 1.29 is 4.74 Å². The molecule has 1 aliphatic rings. The maximum absolute atomic E-state index is 5.43. The Labute approximate surface area is 205 Å². The van der Waals surface area contributed by atoms with E-state index in [1.807, 2.05) is 39.8 Å². The third-order valence-corrected chi connectivity index (χ3v) is 6.24. The molecule has 0 bridgehead atoms. The quantitative estimate of drug-likeness (QED) is 0.338. The molecule has 35 heavy (non-hydrogen) atoms. The van der Waals surface area contributed by atoms with Crippen molar-refractivity contribution in [3.8, 4) is 5.69 Å². The molecule has 0 aliphatic carbocycles. The third kappa shape index (κ3) is 5.50. The molecule has 3 aromatic heterocycles. The predicted octanol–water partition coefficient (Wildman–Crippen LogP) is 2.47. The SMILES string of the molecule is CC(C)c1cnn2c(NCc3ccccc3-n3cccn3)nc(CNCCN3CCOCC3)nc12. The van der Waals surface area contributed by atoms with Gasteiger partial charge in [-0.1, -0.05) is 32.0 Å². The molecule has 1 fully saturated rings. The molecule has 4 heterocycles. The first-order chi connectivity index (χ1) is 17.2. The first-order valence-electron chi connectivity index (χ1n) is 12.3. The number of morpholine rings is 1. The van der Waals surface area contributed by atoms with E-state index >= 15 is 0 Å². The summed E-state index contributed by atoms with van der Waals surface area (Å²) in [5.41, 5.74) is 4.11. The summed E-state index contributed by atoms with van der Waals surface area (Å²) in [7, 11) is 0. The van der Waals surface area contributed by atoms with Crippen LogP contribution in [0, 0.1) is 0 Å². The van der Waals surface area contributed by atoms with Crippen LogP contribution in [0.15, 0.2) is 48.9 Å². The number of para-hydroxylation sites is 1. The number of fused-ring (bicyclic) bond motifs is 1. The summed E-state index contributed by atoms with van der Waals surface area (Å²) in [5, 5.41) is 16.0. The Morgan fingerprint density at radius 3 is 2.69 bits per heavy atom. The minimum absolute atomic E-state index is 0.318. The Kier molecular flexibility index (Phi) is 7.31. The van der Waals surface area contributed by atoms with Crippen molar-refractivity contribution in [2.45, 2.75) is 32.9 Å². The maximum atomic E-state index is 5.43. The molecule has 1 aliphatic heterocycles. The lowest BCUT2D eigenvalue weighted by Crippen LogP contribution is -2.40. The second kappa shape index (κ2) is 10.9. The normalized spacial score (nSPS) is 14.7. The highest BCUT2D eigenvalue weighted by atomic mass is 16.5. The zero-order valence-electron chi connectivity index (χ0n) is 20.4. The van der Waals surface area contributed by atoms with Crippen molar-refractivity contribution in [1.82, 2.24) is 39.6 Å². The monoisotopic (exact) mass is 475 g/mol. The molecule has 0 spiro atoms. The molecule has 0 amide bonds. The molecule has 2 N–H and O–H groups in total. The van der Waals surface area contributed by atoms with Gasteiger partial charge in [0.25, 0.3) is 0 Å². The van der Waals surface area contributed by atoms with Crippen molar-refractivity contribution in [3.05, 3.63) is 65.9 Å².